The number of aromatic nitrogens is 1. The van der Waals surface area contributed by atoms with Gasteiger partial charge in [0.1, 0.15) is 0 Å². The van der Waals surface area contributed by atoms with Crippen LogP contribution < -0.4 is 10.0 Å². The van der Waals surface area contributed by atoms with Crippen LogP contribution in [0.15, 0.2) is 23.4 Å². The number of nitrogens with zero attached hydrogens (tertiary/aromatic N) is 1. The number of nitrogens with one attached hydrogen (secondary N) is 2. The van der Waals surface area contributed by atoms with E-state index in [4.69, 9.17) is 0 Å². The summed E-state index contributed by atoms with van der Waals surface area (Å²) in [7, 11) is -3.52. The second kappa shape index (κ2) is 8.61. The molecule has 1 rings (SSSR count). The fourth-order valence-electron chi connectivity index (χ4n) is 1.60. The lowest BCUT2D eigenvalue weighted by atomic mass is 10.3. The van der Waals surface area contributed by atoms with Crippen molar-refractivity contribution in [3.8, 4) is 0 Å². The Morgan fingerprint density at radius 2 is 2.10 bits per heavy atom. The van der Waals surface area contributed by atoms with Gasteiger partial charge in [-0.1, -0.05) is 19.9 Å². The van der Waals surface area contributed by atoms with Gasteiger partial charge in [0.15, 0.2) is 5.03 Å². The van der Waals surface area contributed by atoms with E-state index in [2.05, 4.69) is 21.9 Å². The van der Waals surface area contributed by atoms with Gasteiger partial charge in [-0.2, -0.15) is 11.8 Å². The summed E-state index contributed by atoms with van der Waals surface area (Å²) in [6, 6.07) is 3.23. The molecule has 5 nitrogen and oxygen atoms in total. The van der Waals surface area contributed by atoms with Crippen molar-refractivity contribution in [2.45, 2.75) is 38.4 Å². The molecule has 114 valence electrons. The highest BCUT2D eigenvalue weighted by atomic mass is 32.2. The lowest BCUT2D eigenvalue weighted by Crippen LogP contribution is -2.34. The molecule has 0 bridgehead atoms. The van der Waals surface area contributed by atoms with Crippen molar-refractivity contribution in [3.63, 3.8) is 0 Å². The van der Waals surface area contributed by atoms with Gasteiger partial charge in [-0.25, -0.2) is 18.1 Å². The molecule has 1 atom stereocenters. The minimum absolute atomic E-state index is 0.0751. The molecule has 1 heterocycles. The van der Waals surface area contributed by atoms with Crippen molar-refractivity contribution in [2.75, 3.05) is 18.1 Å². The molecule has 1 aromatic rings. The van der Waals surface area contributed by atoms with E-state index in [0.29, 0.717) is 6.54 Å². The minimum Gasteiger partial charge on any atom is -0.313 e. The normalized spacial score (nSPS) is 13.3. The lowest BCUT2D eigenvalue weighted by Gasteiger charge is -2.13. The molecule has 0 saturated heterocycles. The summed E-state index contributed by atoms with van der Waals surface area (Å²) in [6.45, 7) is 7.50. The maximum absolute atomic E-state index is 12.1. The molecule has 1 unspecified atom stereocenters. The van der Waals surface area contributed by atoms with E-state index in [9.17, 15) is 8.42 Å². The first-order valence-corrected chi connectivity index (χ1v) is 9.39. The number of sulfonamides is 1. The Morgan fingerprint density at radius 3 is 2.65 bits per heavy atom. The van der Waals surface area contributed by atoms with Crippen molar-refractivity contribution in [1.82, 2.24) is 15.0 Å². The van der Waals surface area contributed by atoms with Gasteiger partial charge in [-0.05, 0) is 30.9 Å². The lowest BCUT2D eigenvalue weighted by molar-refractivity contribution is 0.567. The largest absolute Gasteiger partial charge is 0.313 e. The highest BCUT2D eigenvalue weighted by molar-refractivity contribution is 7.99. The first-order valence-electron chi connectivity index (χ1n) is 6.75. The zero-order valence-electron chi connectivity index (χ0n) is 12.2. The Morgan fingerprint density at radius 1 is 1.35 bits per heavy atom. The summed E-state index contributed by atoms with van der Waals surface area (Å²) < 4.78 is 26.9. The zero-order chi connectivity index (χ0) is 15.0. The van der Waals surface area contributed by atoms with Crippen molar-refractivity contribution < 1.29 is 8.42 Å². The number of rotatable bonds is 9. The van der Waals surface area contributed by atoms with Crippen molar-refractivity contribution in [2.24, 2.45) is 0 Å². The van der Waals surface area contributed by atoms with Gasteiger partial charge in [0.2, 0.25) is 0 Å². The van der Waals surface area contributed by atoms with Crippen LogP contribution in [0.4, 0.5) is 0 Å². The van der Waals surface area contributed by atoms with Gasteiger partial charge in [0.05, 0.1) is 0 Å². The van der Waals surface area contributed by atoms with E-state index < -0.39 is 10.0 Å². The first kappa shape index (κ1) is 17.4. The molecule has 1 aromatic heterocycles. The van der Waals surface area contributed by atoms with Gasteiger partial charge in [0, 0.05) is 24.5 Å². The highest BCUT2D eigenvalue weighted by Gasteiger charge is 2.18. The first-order chi connectivity index (χ1) is 9.49. The summed E-state index contributed by atoms with van der Waals surface area (Å²) in [5.41, 5.74) is 0.973. The Bertz CT molecular complexity index is 489. The molecule has 0 saturated carbocycles. The molecule has 0 spiro atoms. The summed E-state index contributed by atoms with van der Waals surface area (Å²) in [6.07, 6.45) is 1.60. The molecule has 0 fully saturated rings. The van der Waals surface area contributed by atoms with Crippen LogP contribution in [0.1, 0.15) is 26.3 Å². The molecule has 2 N–H and O–H groups in total. The summed E-state index contributed by atoms with van der Waals surface area (Å²) in [5, 5.41) is 3.25. The fraction of sp³-hybridized carbons (Fsp3) is 0.615. The third-order valence-corrected chi connectivity index (χ3v) is 5.23. The third kappa shape index (κ3) is 5.78. The Labute approximate surface area is 126 Å². The monoisotopic (exact) mass is 317 g/mol. The van der Waals surface area contributed by atoms with Gasteiger partial charge < -0.3 is 5.32 Å². The SMILES string of the molecule is CCNCc1ccc(S(=O)(=O)NC(C)CSCC)nc1. The number of hydrogen-bond donors (Lipinski definition) is 2. The molecule has 0 aliphatic carbocycles. The quantitative estimate of drug-likeness (QED) is 0.724. The molecular formula is C13H23N3O2S2. The van der Waals surface area contributed by atoms with E-state index in [0.717, 1.165) is 23.6 Å². The zero-order valence-corrected chi connectivity index (χ0v) is 13.9. The van der Waals surface area contributed by atoms with Crippen molar-refractivity contribution in [3.05, 3.63) is 23.9 Å². The molecular weight excluding hydrogens is 294 g/mol. The van der Waals surface area contributed by atoms with E-state index >= 15 is 0 Å². The average molecular weight is 317 g/mol. The summed E-state index contributed by atoms with van der Waals surface area (Å²) >= 11 is 1.71. The van der Waals surface area contributed by atoms with Crippen LogP contribution in [-0.4, -0.2) is 37.5 Å². The van der Waals surface area contributed by atoms with Crippen LogP contribution in [0.3, 0.4) is 0 Å². The second-order valence-corrected chi connectivity index (χ2v) is 7.45. The van der Waals surface area contributed by atoms with Crippen LogP contribution >= 0.6 is 11.8 Å². The summed E-state index contributed by atoms with van der Waals surface area (Å²) in [5.74, 6) is 1.73. The highest BCUT2D eigenvalue weighted by Crippen LogP contribution is 2.09. The Hall–Kier alpha value is -0.630. The van der Waals surface area contributed by atoms with Gasteiger partial charge in [-0.15, -0.1) is 0 Å². The van der Waals surface area contributed by atoms with Crippen LogP contribution in [-0.2, 0) is 16.6 Å². The molecule has 0 aliphatic rings. The molecule has 0 aliphatic heterocycles. The maximum Gasteiger partial charge on any atom is 0.258 e. The number of thioether (sulfide) groups is 1. The third-order valence-electron chi connectivity index (χ3n) is 2.58. The van der Waals surface area contributed by atoms with Gasteiger partial charge >= 0.3 is 0 Å². The topological polar surface area (TPSA) is 71.1 Å². The van der Waals surface area contributed by atoms with E-state index in [1.54, 1.807) is 30.1 Å². The number of pyridine rings is 1. The maximum atomic E-state index is 12.1. The molecule has 0 radical (unpaired) electrons. The summed E-state index contributed by atoms with van der Waals surface area (Å²) in [4.78, 5) is 4.04. The molecule has 7 heteroatoms. The smallest absolute Gasteiger partial charge is 0.258 e. The molecule has 20 heavy (non-hydrogen) atoms. The van der Waals surface area contributed by atoms with Crippen LogP contribution in [0, 0.1) is 0 Å². The van der Waals surface area contributed by atoms with Gasteiger partial charge in [0.25, 0.3) is 10.0 Å². The predicted octanol–water partition coefficient (Wildman–Crippen LogP) is 1.61. The van der Waals surface area contributed by atoms with E-state index in [1.165, 1.54) is 0 Å². The average Bonchev–Trinajstić information content (AvgIpc) is 2.43. The van der Waals surface area contributed by atoms with E-state index in [-0.39, 0.29) is 11.1 Å². The predicted molar refractivity (Wildman–Crippen MR) is 84.4 cm³/mol. The molecule has 0 aromatic carbocycles. The van der Waals surface area contributed by atoms with E-state index in [1.807, 2.05) is 13.8 Å². The Balaban J connectivity index is 2.67. The van der Waals surface area contributed by atoms with Crippen molar-refractivity contribution >= 4 is 21.8 Å². The van der Waals surface area contributed by atoms with Crippen LogP contribution in [0.5, 0.6) is 0 Å². The van der Waals surface area contributed by atoms with Crippen LogP contribution in [0.2, 0.25) is 0 Å². The standard InChI is InChI=1S/C13H23N3O2S2/c1-4-14-8-12-6-7-13(15-9-12)20(17,18)16-11(3)10-19-5-2/h6-7,9,11,14,16H,4-5,8,10H2,1-3H3. The van der Waals surface area contributed by atoms with Crippen molar-refractivity contribution in [1.29, 1.82) is 0 Å². The minimum atomic E-state index is -3.52. The molecule has 0 amide bonds. The second-order valence-electron chi connectivity index (χ2n) is 4.47. The Kier molecular flexibility index (Phi) is 7.50. The van der Waals surface area contributed by atoms with Crippen LogP contribution in [0.25, 0.3) is 0 Å². The fourth-order valence-corrected chi connectivity index (χ4v) is 3.55. The van der Waals surface area contributed by atoms with Gasteiger partial charge in [-0.3, -0.25) is 0 Å². The number of hydrogen-bond acceptors (Lipinski definition) is 5.